The Labute approximate surface area is 422 Å². The third-order valence-electron chi connectivity index (χ3n) is 12.3. The number of aliphatic hydroxyl groups is 3. The molecular formula is C35H48N13O24P4+. The second-order valence-electron chi connectivity index (χ2n) is 17.0. The number of hydrogen-bond donors (Lipinski definition) is 12. The van der Waals surface area contributed by atoms with Crippen molar-refractivity contribution in [1.29, 1.82) is 0 Å². The molecule has 0 bridgehead atoms. The predicted octanol–water partition coefficient (Wildman–Crippen LogP) is -3.06. The van der Waals surface area contributed by atoms with Gasteiger partial charge in [0.25, 0.3) is 17.1 Å². The molecule has 3 aliphatic heterocycles. The number of nitrogens with zero attached hydrogens (tertiary/aromatic N) is 8. The van der Waals surface area contributed by atoms with Crippen LogP contribution in [-0.2, 0) is 81.4 Å². The molecule has 37 nitrogen and oxygen atoms in total. The number of aromatic amines is 2. The van der Waals surface area contributed by atoms with Crippen LogP contribution in [-0.4, -0.2) is 168 Å². The Morgan fingerprint density at radius 3 is 2.09 bits per heavy atom. The number of phosphoric ester groups is 3. The van der Waals surface area contributed by atoms with E-state index < -0.39 is 136 Å². The number of nitrogen functional groups attached to an aromatic ring is 3. The normalized spacial score (nSPS) is 30.2. The topological polar surface area (TPSA) is 525 Å². The molecule has 15 atom stereocenters. The minimum Gasteiger partial charge on any atom is -0.387 e. The number of aliphatic hydroxyl groups excluding tert-OH is 3. The highest BCUT2D eigenvalue weighted by Gasteiger charge is 2.58. The van der Waals surface area contributed by atoms with Crippen molar-refractivity contribution in [3.05, 3.63) is 57.9 Å². The summed E-state index contributed by atoms with van der Waals surface area (Å²) in [6.07, 6.45) is -10.9. The van der Waals surface area contributed by atoms with Gasteiger partial charge < -0.3 is 80.3 Å². The first-order chi connectivity index (χ1) is 35.7. The fourth-order valence-electron chi connectivity index (χ4n) is 8.92. The molecule has 76 heavy (non-hydrogen) atoms. The lowest BCUT2D eigenvalue weighted by Gasteiger charge is -2.36. The van der Waals surface area contributed by atoms with Gasteiger partial charge in [-0.25, -0.2) is 32.8 Å². The molecule has 3 saturated heterocycles. The summed E-state index contributed by atoms with van der Waals surface area (Å²) in [4.78, 5) is 88.6. The van der Waals surface area contributed by atoms with E-state index in [4.69, 9.17) is 59.0 Å². The molecule has 416 valence electrons. The number of rotatable bonds is 20. The molecule has 9 heterocycles. The molecule has 3 fully saturated rings. The van der Waals surface area contributed by atoms with Gasteiger partial charge in [-0.3, -0.25) is 46.8 Å². The number of nitrogens with one attached hydrogen (secondary N) is 2. The van der Waals surface area contributed by atoms with Crippen LogP contribution in [0.1, 0.15) is 12.5 Å². The van der Waals surface area contributed by atoms with Crippen molar-refractivity contribution in [1.82, 2.24) is 43.6 Å². The smallest absolute Gasteiger partial charge is 0.387 e. The molecule has 0 radical (unpaired) electrons. The van der Waals surface area contributed by atoms with Crippen molar-refractivity contribution < 1.29 is 108 Å². The van der Waals surface area contributed by atoms with E-state index in [1.54, 1.807) is 0 Å². The zero-order chi connectivity index (χ0) is 55.0. The molecule has 6 aromatic heterocycles. The van der Waals surface area contributed by atoms with Crippen molar-refractivity contribution in [2.75, 3.05) is 57.8 Å². The number of ether oxygens (including phenoxy) is 5. The van der Waals surface area contributed by atoms with Gasteiger partial charge in [0.2, 0.25) is 17.7 Å². The Kier molecular flexibility index (Phi) is 15.1. The van der Waals surface area contributed by atoms with Gasteiger partial charge in [0.15, 0.2) is 23.9 Å². The first-order valence-corrected chi connectivity index (χ1v) is 27.8. The van der Waals surface area contributed by atoms with Gasteiger partial charge in [0.05, 0.1) is 44.2 Å². The van der Waals surface area contributed by atoms with E-state index >= 15 is 0 Å². The SMILES string of the molecule is COC1C(COP(=O)(O)OP(=O)(O)OP(=O)(O)OC[C@H]2OC[C@@](OC)(n3ccc4c(N)ncnc43)[C@H]2OP(=O)(O)OC[C@H]2O[C@@H](n3ccc4c(=O)[nH]c(N)nc43)C(O)[C@H]2O)O[C@H]([n+]2cn(C)c3c(=O)[nH]c(N)nc32)C1O. The number of H-pyrrole nitrogens is 2. The van der Waals surface area contributed by atoms with Gasteiger partial charge in [-0.15, -0.1) is 0 Å². The molecule has 9 rings (SSSR count). The number of aryl methyl sites for hydroxylation is 1. The monoisotopic (exact) mass is 1160 g/mol. The Morgan fingerprint density at radius 2 is 1.41 bits per heavy atom. The molecule has 8 unspecified atom stereocenters. The fourth-order valence-corrected chi connectivity index (χ4v) is 13.4. The minimum atomic E-state index is -6.17. The molecule has 0 aromatic carbocycles. The van der Waals surface area contributed by atoms with Crippen LogP contribution >= 0.6 is 31.3 Å². The van der Waals surface area contributed by atoms with Gasteiger partial charge in [-0.2, -0.15) is 13.6 Å². The zero-order valence-corrected chi connectivity index (χ0v) is 42.8. The Morgan fingerprint density at radius 1 is 0.776 bits per heavy atom. The van der Waals surface area contributed by atoms with Crippen LogP contribution in [0.4, 0.5) is 17.7 Å². The highest BCUT2D eigenvalue weighted by Crippen LogP contribution is 2.68. The fraction of sp³-hybridized carbons (Fsp3) is 0.514. The summed E-state index contributed by atoms with van der Waals surface area (Å²) in [5.74, 6) is -0.557. The van der Waals surface area contributed by atoms with E-state index in [2.05, 4.69) is 38.5 Å². The molecule has 0 saturated carbocycles. The summed E-state index contributed by atoms with van der Waals surface area (Å²) in [6, 6.07) is 2.78. The van der Waals surface area contributed by atoms with E-state index in [0.717, 1.165) is 20.5 Å². The molecule has 6 aromatic rings. The lowest BCUT2D eigenvalue weighted by molar-refractivity contribution is -0.745. The van der Waals surface area contributed by atoms with E-state index in [9.17, 15) is 62.7 Å². The van der Waals surface area contributed by atoms with Crippen LogP contribution in [0, 0.1) is 0 Å². The van der Waals surface area contributed by atoms with E-state index in [0.29, 0.717) is 0 Å². The van der Waals surface area contributed by atoms with E-state index in [1.807, 2.05) is 0 Å². The largest absolute Gasteiger partial charge is 0.490 e. The summed E-state index contributed by atoms with van der Waals surface area (Å²) < 4.78 is 116. The van der Waals surface area contributed by atoms with Crippen molar-refractivity contribution in [3.63, 3.8) is 0 Å². The number of hydrogen-bond acceptors (Lipinski definition) is 27. The second-order valence-corrected chi connectivity index (χ2v) is 23.0. The maximum Gasteiger partial charge on any atom is 0.490 e. The summed E-state index contributed by atoms with van der Waals surface area (Å²) in [7, 11) is -19.6. The lowest BCUT2D eigenvalue weighted by Crippen LogP contribution is -2.49. The van der Waals surface area contributed by atoms with Crippen LogP contribution in [0.25, 0.3) is 33.2 Å². The Balaban J connectivity index is 0.874. The number of imidazole rings is 1. The summed E-state index contributed by atoms with van der Waals surface area (Å²) in [5, 5.41) is 33.3. The maximum absolute atomic E-state index is 13.9. The van der Waals surface area contributed by atoms with Crippen LogP contribution in [0.5, 0.6) is 0 Å². The van der Waals surface area contributed by atoms with Crippen molar-refractivity contribution in [2.45, 2.75) is 67.0 Å². The molecule has 0 spiro atoms. The number of aromatic nitrogens is 10. The predicted molar refractivity (Wildman–Crippen MR) is 248 cm³/mol. The maximum atomic E-state index is 13.9. The second kappa shape index (κ2) is 20.7. The summed E-state index contributed by atoms with van der Waals surface area (Å²) in [6.45, 7) is -3.84. The van der Waals surface area contributed by atoms with Crippen molar-refractivity contribution in [3.8, 4) is 0 Å². The minimum absolute atomic E-state index is 0.0119. The first kappa shape index (κ1) is 55.7. The van der Waals surface area contributed by atoms with Gasteiger partial charge in [-0.1, -0.05) is 4.98 Å². The Hall–Kier alpha value is -5.01. The van der Waals surface area contributed by atoms with Gasteiger partial charge in [-0.05, 0) is 12.1 Å². The molecule has 0 amide bonds. The highest BCUT2D eigenvalue weighted by molar-refractivity contribution is 7.66. The van der Waals surface area contributed by atoms with E-state index in [1.165, 1.54) is 56.2 Å². The Bertz CT molecular complexity index is 3500. The molecule has 41 heteroatoms. The number of fused-ring (bicyclic) bond motifs is 3. The lowest BCUT2D eigenvalue weighted by atomic mass is 10.1. The van der Waals surface area contributed by atoms with Gasteiger partial charge in [0.1, 0.15) is 66.6 Å². The summed E-state index contributed by atoms with van der Waals surface area (Å²) in [5.41, 5.74) is 14.1. The van der Waals surface area contributed by atoms with Gasteiger partial charge >= 0.3 is 36.9 Å². The third-order valence-corrected chi connectivity index (χ3v) is 17.5. The van der Waals surface area contributed by atoms with Crippen molar-refractivity contribution in [2.24, 2.45) is 7.05 Å². The molecule has 3 aliphatic rings. The van der Waals surface area contributed by atoms with Crippen LogP contribution in [0.3, 0.4) is 0 Å². The van der Waals surface area contributed by atoms with Crippen LogP contribution in [0.15, 0.2) is 46.8 Å². The van der Waals surface area contributed by atoms with Gasteiger partial charge in [0, 0.05) is 26.6 Å². The average Bonchev–Trinajstić information content (AvgIpc) is 4.23. The standard InChI is InChI=1S/C35H47N13O24P4/c1-45-13-47(28-19(45)30(53)44-34(38)42-28)32-22(51)23(62-2)17(69-32)9-66-74(56,57)71-76(60,61)72-75(58,59)67-10-18-24(35(63-3,11-64-18)48-7-5-14-25(36)39-12-40-26(14)48)70-73(54,55)65-8-16-20(49)21(50)31(68-16)46-6-4-15-27(46)41-33(37)43-29(15)52/h4-7,12-13,16-18,20-24,31-32,49-51H,8-11H2,1-3H3,(H11-,36,37,38,39,40,41,42,43,44,52,53,54,55,56,57,58,59,60,61)/p+1/t16-,17?,18-,20+,21?,22?,23?,24+,31-,32+,35+/m1/s1. The van der Waals surface area contributed by atoms with Crippen LogP contribution in [0.2, 0.25) is 0 Å². The zero-order valence-electron chi connectivity index (χ0n) is 39.2. The number of anilines is 3. The third kappa shape index (κ3) is 10.7. The van der Waals surface area contributed by atoms with Crippen LogP contribution < -0.4 is 32.9 Å². The highest BCUT2D eigenvalue weighted by atomic mass is 31.3. The average molecular weight is 1160 g/mol. The molecule has 0 aliphatic carbocycles. The number of nitrogens with two attached hydrogens (primary N) is 3. The summed E-state index contributed by atoms with van der Waals surface area (Å²) >= 11 is 0. The molecule has 15 N–H and O–H groups in total. The molecular weight excluding hydrogens is 1110 g/mol. The van der Waals surface area contributed by atoms with E-state index in [-0.39, 0.29) is 50.9 Å². The quantitative estimate of drug-likeness (QED) is 0.0267. The van der Waals surface area contributed by atoms with Crippen molar-refractivity contribution >= 4 is 82.2 Å². The number of phosphoric acid groups is 4. The number of methoxy groups -OCH3 is 2. The first-order valence-electron chi connectivity index (χ1n) is 21.8.